The molecule has 0 aliphatic carbocycles. The molecule has 0 spiro atoms. The Morgan fingerprint density at radius 2 is 1.68 bits per heavy atom. The number of hydrogen-bond donors (Lipinski definition) is 1. The van der Waals surface area contributed by atoms with Crippen molar-refractivity contribution in [1.29, 1.82) is 0 Å². The second kappa shape index (κ2) is 6.55. The summed E-state index contributed by atoms with van der Waals surface area (Å²) >= 11 is 6.49. The summed E-state index contributed by atoms with van der Waals surface area (Å²) in [6.45, 7) is 0. The van der Waals surface area contributed by atoms with E-state index in [1.807, 2.05) is 60.7 Å². The molecule has 5 nitrogen and oxygen atoms in total. The first-order valence-corrected chi connectivity index (χ1v) is 9.10. The van der Waals surface area contributed by atoms with E-state index in [1.54, 1.807) is 23.0 Å². The molecule has 0 atom stereocenters. The molecule has 1 N–H and O–H groups in total. The van der Waals surface area contributed by atoms with Crippen LogP contribution in [0.25, 0.3) is 27.6 Å². The highest BCUT2D eigenvalue weighted by molar-refractivity contribution is 6.37. The standard InChI is InChI=1S/C22H14ClN3O2/c23-17-13-18-19(20-16(17)11-12-28-20)21(24-14-7-3-1-4-8-14)25-22(27)26(18)15-9-5-2-6-10-15/h1-13H,(H,24,25,27). The number of benzene rings is 3. The monoisotopic (exact) mass is 387 g/mol. The maximum absolute atomic E-state index is 13.0. The first-order valence-electron chi connectivity index (χ1n) is 8.72. The van der Waals surface area contributed by atoms with Crippen LogP contribution >= 0.6 is 11.6 Å². The first-order chi connectivity index (χ1) is 13.7. The van der Waals surface area contributed by atoms with E-state index in [9.17, 15) is 4.79 Å². The fourth-order valence-corrected chi connectivity index (χ4v) is 3.61. The van der Waals surface area contributed by atoms with Crippen LogP contribution in [0.5, 0.6) is 0 Å². The lowest BCUT2D eigenvalue weighted by atomic mass is 10.1. The lowest BCUT2D eigenvalue weighted by Gasteiger charge is -2.14. The van der Waals surface area contributed by atoms with Crippen molar-refractivity contribution in [2.45, 2.75) is 0 Å². The van der Waals surface area contributed by atoms with Crippen molar-refractivity contribution in [3.63, 3.8) is 0 Å². The lowest BCUT2D eigenvalue weighted by molar-refractivity contribution is 0.619. The summed E-state index contributed by atoms with van der Waals surface area (Å²) in [6, 6.07) is 22.5. The number of furan rings is 1. The average Bonchev–Trinajstić information content (AvgIpc) is 3.20. The van der Waals surface area contributed by atoms with Gasteiger partial charge < -0.3 is 9.73 Å². The molecular weight excluding hydrogens is 374 g/mol. The van der Waals surface area contributed by atoms with E-state index in [4.69, 9.17) is 16.0 Å². The number of rotatable bonds is 3. The number of anilines is 2. The second-order valence-corrected chi connectivity index (χ2v) is 6.73. The van der Waals surface area contributed by atoms with Gasteiger partial charge in [0.25, 0.3) is 0 Å². The number of aromatic nitrogens is 2. The Balaban J connectivity index is 1.89. The minimum atomic E-state index is -0.404. The topological polar surface area (TPSA) is 60.1 Å². The number of fused-ring (bicyclic) bond motifs is 3. The molecule has 5 rings (SSSR count). The molecule has 6 heteroatoms. The van der Waals surface area contributed by atoms with Crippen molar-refractivity contribution >= 4 is 45.0 Å². The Morgan fingerprint density at radius 3 is 2.43 bits per heavy atom. The van der Waals surface area contributed by atoms with Crippen LogP contribution in [0.4, 0.5) is 11.5 Å². The molecule has 0 amide bonds. The SMILES string of the molecule is O=c1nc(Nc2ccccc2)c2c3occc3c(Cl)cc2n1-c1ccccc1. The van der Waals surface area contributed by atoms with Gasteiger partial charge in [0, 0.05) is 11.1 Å². The maximum Gasteiger partial charge on any atom is 0.354 e. The third-order valence-electron chi connectivity index (χ3n) is 4.60. The van der Waals surface area contributed by atoms with E-state index in [-0.39, 0.29) is 0 Å². The Bertz CT molecular complexity index is 1360. The third-order valence-corrected chi connectivity index (χ3v) is 4.91. The average molecular weight is 388 g/mol. The Morgan fingerprint density at radius 1 is 0.964 bits per heavy atom. The Kier molecular flexibility index (Phi) is 3.88. The number of nitrogens with one attached hydrogen (secondary N) is 1. The molecule has 0 radical (unpaired) electrons. The van der Waals surface area contributed by atoms with Crippen LogP contribution in [-0.2, 0) is 0 Å². The van der Waals surface area contributed by atoms with Gasteiger partial charge in [0.2, 0.25) is 0 Å². The van der Waals surface area contributed by atoms with Crippen molar-refractivity contribution in [3.05, 3.63) is 94.6 Å². The normalized spacial score (nSPS) is 11.2. The molecule has 0 aliphatic rings. The van der Waals surface area contributed by atoms with Crippen molar-refractivity contribution in [2.24, 2.45) is 0 Å². The van der Waals surface area contributed by atoms with Gasteiger partial charge in [-0.1, -0.05) is 48.0 Å². The van der Waals surface area contributed by atoms with Crippen molar-refractivity contribution in [3.8, 4) is 5.69 Å². The van der Waals surface area contributed by atoms with Crippen LogP contribution in [0.2, 0.25) is 5.02 Å². The minimum Gasteiger partial charge on any atom is -0.463 e. The molecule has 136 valence electrons. The van der Waals surface area contributed by atoms with Gasteiger partial charge in [0.1, 0.15) is 11.4 Å². The predicted molar refractivity (Wildman–Crippen MR) is 112 cm³/mol. The van der Waals surface area contributed by atoms with E-state index in [2.05, 4.69) is 10.3 Å². The van der Waals surface area contributed by atoms with Crippen LogP contribution in [-0.4, -0.2) is 9.55 Å². The summed E-state index contributed by atoms with van der Waals surface area (Å²) < 4.78 is 7.28. The predicted octanol–water partition coefficient (Wildman–Crippen LogP) is 5.53. The smallest absolute Gasteiger partial charge is 0.354 e. The molecule has 5 aromatic rings. The lowest BCUT2D eigenvalue weighted by Crippen LogP contribution is -2.23. The van der Waals surface area contributed by atoms with Gasteiger partial charge in [0.15, 0.2) is 0 Å². The van der Waals surface area contributed by atoms with Crippen LogP contribution < -0.4 is 11.0 Å². The van der Waals surface area contributed by atoms with Crippen molar-refractivity contribution in [1.82, 2.24) is 9.55 Å². The number of hydrogen-bond acceptors (Lipinski definition) is 4. The summed E-state index contributed by atoms with van der Waals surface area (Å²) in [5.41, 5.74) is 2.33. The summed E-state index contributed by atoms with van der Waals surface area (Å²) in [5.74, 6) is 0.426. The van der Waals surface area contributed by atoms with Gasteiger partial charge >= 0.3 is 5.69 Å². The highest BCUT2D eigenvalue weighted by atomic mass is 35.5. The molecule has 2 heterocycles. The molecular formula is C22H14ClN3O2. The quantitative estimate of drug-likeness (QED) is 0.442. The Labute approximate surface area is 164 Å². The van der Waals surface area contributed by atoms with E-state index in [0.29, 0.717) is 33.0 Å². The van der Waals surface area contributed by atoms with Gasteiger partial charge in [-0.2, -0.15) is 4.98 Å². The van der Waals surface area contributed by atoms with E-state index in [0.717, 1.165) is 11.1 Å². The molecule has 0 saturated carbocycles. The molecule has 2 aromatic heterocycles. The zero-order valence-electron chi connectivity index (χ0n) is 14.6. The van der Waals surface area contributed by atoms with Crippen LogP contribution in [0.1, 0.15) is 0 Å². The zero-order valence-corrected chi connectivity index (χ0v) is 15.4. The fourth-order valence-electron chi connectivity index (χ4n) is 3.36. The van der Waals surface area contributed by atoms with Crippen LogP contribution in [0.15, 0.2) is 88.3 Å². The highest BCUT2D eigenvalue weighted by Gasteiger charge is 2.18. The molecule has 0 aliphatic heterocycles. The second-order valence-electron chi connectivity index (χ2n) is 6.32. The zero-order chi connectivity index (χ0) is 19.1. The molecule has 0 fully saturated rings. The Hall–Kier alpha value is -3.57. The molecule has 0 saturated heterocycles. The first kappa shape index (κ1) is 16.6. The van der Waals surface area contributed by atoms with Crippen molar-refractivity contribution in [2.75, 3.05) is 5.32 Å². The summed E-state index contributed by atoms with van der Waals surface area (Å²) in [6.07, 6.45) is 1.58. The summed E-state index contributed by atoms with van der Waals surface area (Å²) in [7, 11) is 0. The van der Waals surface area contributed by atoms with Crippen molar-refractivity contribution < 1.29 is 4.42 Å². The van der Waals surface area contributed by atoms with Gasteiger partial charge in [-0.25, -0.2) is 4.79 Å². The third kappa shape index (κ3) is 2.64. The number of halogens is 1. The summed E-state index contributed by atoms with van der Waals surface area (Å²) in [4.78, 5) is 17.3. The van der Waals surface area contributed by atoms with Crippen LogP contribution in [0, 0.1) is 0 Å². The minimum absolute atomic E-state index is 0.404. The largest absolute Gasteiger partial charge is 0.463 e. The summed E-state index contributed by atoms with van der Waals surface area (Å²) in [5, 5.41) is 5.21. The van der Waals surface area contributed by atoms with Gasteiger partial charge in [-0.05, 0) is 36.4 Å². The molecule has 28 heavy (non-hydrogen) atoms. The van der Waals surface area contributed by atoms with E-state index >= 15 is 0 Å². The highest BCUT2D eigenvalue weighted by Crippen LogP contribution is 2.36. The van der Waals surface area contributed by atoms with E-state index < -0.39 is 5.69 Å². The number of para-hydroxylation sites is 2. The molecule has 3 aromatic carbocycles. The number of nitrogens with zero attached hydrogens (tertiary/aromatic N) is 2. The molecule has 0 unspecified atom stereocenters. The maximum atomic E-state index is 13.0. The van der Waals surface area contributed by atoms with Gasteiger partial charge in [0.05, 0.1) is 27.9 Å². The van der Waals surface area contributed by atoms with E-state index in [1.165, 1.54) is 0 Å². The van der Waals surface area contributed by atoms with Gasteiger partial charge in [-0.3, -0.25) is 4.57 Å². The molecule has 0 bridgehead atoms. The fraction of sp³-hybridized carbons (Fsp3) is 0. The van der Waals surface area contributed by atoms with Crippen LogP contribution in [0.3, 0.4) is 0 Å². The van der Waals surface area contributed by atoms with Gasteiger partial charge in [-0.15, -0.1) is 0 Å².